The maximum atomic E-state index is 13.4. The van der Waals surface area contributed by atoms with Crippen LogP contribution in [0, 0.1) is 0 Å². The summed E-state index contributed by atoms with van der Waals surface area (Å²) in [6.45, 7) is 1.94. The van der Waals surface area contributed by atoms with E-state index in [1.165, 1.54) is 26.0 Å². The van der Waals surface area contributed by atoms with Crippen molar-refractivity contribution >= 4 is 17.3 Å². The molecule has 6 atom stereocenters. The first-order valence-electron chi connectivity index (χ1n) is 12.2. The zero-order valence-electron chi connectivity index (χ0n) is 20.7. The molecule has 1 aliphatic heterocycles. The average molecular weight is 529 g/mol. The van der Waals surface area contributed by atoms with Crippen LogP contribution in [0.25, 0.3) is 0 Å². The maximum Gasteiger partial charge on any atom is 0.198 e. The fraction of sp³-hybridized carbons (Fsp3) is 0.444. The van der Waals surface area contributed by atoms with Gasteiger partial charge < -0.3 is 40.1 Å². The molecule has 2 aromatic carbocycles. The summed E-state index contributed by atoms with van der Waals surface area (Å²) in [5, 5.41) is 63.9. The van der Waals surface area contributed by atoms with Crippen LogP contribution in [0.2, 0.25) is 0 Å². The van der Waals surface area contributed by atoms with E-state index in [1.807, 2.05) is 0 Å². The first-order valence-corrected chi connectivity index (χ1v) is 12.2. The number of ether oxygens (including phenoxy) is 2. The fourth-order valence-electron chi connectivity index (χ4n) is 5.84. The number of hydrogen-bond acceptors (Lipinski definition) is 11. The van der Waals surface area contributed by atoms with E-state index in [1.54, 1.807) is 12.1 Å². The standard InChI is InChI=1S/C27H28O11/c1-11-21(31)15(29)8-26(2,37-11)38-16-9-27(36,17(30)10-28)7-14-18(16)25(35)20-19(24(14)34)22(32)12-5-3-4-6-13(12)23(20)33/h3-6,11,15-16,21,28-29,31,34-36H,7-10H2,1-2H3/t11-,15-,16-,21-,26-,27-/m0/s1. The topological polar surface area (TPSA) is 191 Å². The van der Waals surface area contributed by atoms with Crippen LogP contribution in [0.1, 0.15) is 75.8 Å². The van der Waals surface area contributed by atoms with Gasteiger partial charge in [0.15, 0.2) is 23.1 Å². The van der Waals surface area contributed by atoms with Crippen molar-refractivity contribution in [1.29, 1.82) is 0 Å². The Balaban J connectivity index is 1.69. The number of fused-ring (bicyclic) bond motifs is 3. The van der Waals surface area contributed by atoms with E-state index in [0.29, 0.717) is 0 Å². The van der Waals surface area contributed by atoms with Gasteiger partial charge in [0.05, 0.1) is 29.4 Å². The van der Waals surface area contributed by atoms with Crippen molar-refractivity contribution in [2.45, 2.75) is 68.9 Å². The van der Waals surface area contributed by atoms with Gasteiger partial charge in [-0.05, 0) is 13.8 Å². The molecule has 11 heteroatoms. The number of aromatic hydroxyl groups is 2. The normalized spacial score (nSPS) is 32.4. The molecule has 6 N–H and O–H groups in total. The highest BCUT2D eigenvalue weighted by molar-refractivity contribution is 6.30. The molecule has 0 spiro atoms. The molecule has 38 heavy (non-hydrogen) atoms. The quantitative estimate of drug-likeness (QED) is 0.257. The fourth-order valence-corrected chi connectivity index (χ4v) is 5.84. The second-order valence-corrected chi connectivity index (χ2v) is 10.4. The summed E-state index contributed by atoms with van der Waals surface area (Å²) in [7, 11) is 0. The first kappa shape index (κ1) is 26.4. The van der Waals surface area contributed by atoms with Crippen LogP contribution in [0.15, 0.2) is 24.3 Å². The minimum atomic E-state index is -2.26. The summed E-state index contributed by atoms with van der Waals surface area (Å²) < 4.78 is 11.9. The van der Waals surface area contributed by atoms with E-state index >= 15 is 0 Å². The molecule has 3 aliphatic rings. The largest absolute Gasteiger partial charge is 0.507 e. The van der Waals surface area contributed by atoms with E-state index in [-0.39, 0.29) is 28.7 Å². The molecule has 202 valence electrons. The van der Waals surface area contributed by atoms with Crippen molar-refractivity contribution in [3.05, 3.63) is 57.6 Å². The predicted octanol–water partition coefficient (Wildman–Crippen LogP) is 0.416. The van der Waals surface area contributed by atoms with Gasteiger partial charge in [-0.3, -0.25) is 14.4 Å². The van der Waals surface area contributed by atoms with Gasteiger partial charge in [-0.15, -0.1) is 0 Å². The van der Waals surface area contributed by atoms with Gasteiger partial charge in [0, 0.05) is 41.5 Å². The van der Waals surface area contributed by atoms with Gasteiger partial charge in [-0.2, -0.15) is 0 Å². The van der Waals surface area contributed by atoms with E-state index < -0.39 is 95.2 Å². The number of aliphatic hydroxyl groups is 4. The molecule has 0 radical (unpaired) electrons. The van der Waals surface area contributed by atoms with Gasteiger partial charge >= 0.3 is 0 Å². The molecule has 0 bridgehead atoms. The summed E-state index contributed by atoms with van der Waals surface area (Å²) >= 11 is 0. The highest BCUT2D eigenvalue weighted by Crippen LogP contribution is 2.52. The number of ketones is 3. The highest BCUT2D eigenvalue weighted by atomic mass is 16.7. The van der Waals surface area contributed by atoms with E-state index in [2.05, 4.69) is 0 Å². The van der Waals surface area contributed by atoms with Gasteiger partial charge in [0.1, 0.15) is 29.8 Å². The molecule has 1 fully saturated rings. The minimum Gasteiger partial charge on any atom is -0.507 e. The Hall–Kier alpha value is -3.19. The Kier molecular flexibility index (Phi) is 6.21. The van der Waals surface area contributed by atoms with Crippen LogP contribution >= 0.6 is 0 Å². The predicted molar refractivity (Wildman–Crippen MR) is 128 cm³/mol. The number of carbonyl (C=O) groups is 3. The van der Waals surface area contributed by atoms with Gasteiger partial charge in [0.2, 0.25) is 0 Å². The third kappa shape index (κ3) is 3.85. The molecule has 0 amide bonds. The van der Waals surface area contributed by atoms with E-state index in [4.69, 9.17) is 9.47 Å². The number of rotatable bonds is 4. The highest BCUT2D eigenvalue weighted by Gasteiger charge is 2.52. The van der Waals surface area contributed by atoms with Crippen molar-refractivity contribution in [3.63, 3.8) is 0 Å². The van der Waals surface area contributed by atoms with Crippen molar-refractivity contribution in [1.82, 2.24) is 0 Å². The minimum absolute atomic E-state index is 0.0228. The van der Waals surface area contributed by atoms with Crippen molar-refractivity contribution in [2.24, 2.45) is 0 Å². The average Bonchev–Trinajstić information content (AvgIpc) is 2.86. The Labute approximate surface area is 216 Å². The van der Waals surface area contributed by atoms with Crippen LogP contribution in [-0.4, -0.2) is 84.3 Å². The molecule has 2 aromatic rings. The third-order valence-corrected chi connectivity index (χ3v) is 7.72. The number of carbonyl (C=O) groups excluding carboxylic acids is 3. The number of Topliss-reactive ketones (excluding diaryl/α,β-unsaturated/α-hetero) is 1. The molecular formula is C27H28O11. The second-order valence-electron chi connectivity index (χ2n) is 10.4. The monoisotopic (exact) mass is 528 g/mol. The SMILES string of the molecule is C[C@@H]1O[C@@](C)(O[C@H]2C[C@](O)(C(=O)CO)Cc3c(O)c4c(c(O)c32)C(=O)c2ccccc2C4=O)C[C@H](O)[C@H]1O. The lowest BCUT2D eigenvalue weighted by Crippen LogP contribution is -2.55. The molecule has 0 aromatic heterocycles. The molecule has 0 saturated carbocycles. The third-order valence-electron chi connectivity index (χ3n) is 7.72. The molecule has 1 heterocycles. The summed E-state index contributed by atoms with van der Waals surface area (Å²) in [5.74, 6) is -5.36. The Morgan fingerprint density at radius 2 is 1.63 bits per heavy atom. The Morgan fingerprint density at radius 3 is 2.18 bits per heavy atom. The van der Waals surface area contributed by atoms with Crippen LogP contribution in [0.4, 0.5) is 0 Å². The zero-order valence-corrected chi connectivity index (χ0v) is 20.7. The lowest BCUT2D eigenvalue weighted by Gasteiger charge is -2.46. The molecule has 0 unspecified atom stereocenters. The first-order chi connectivity index (χ1) is 17.8. The molecule has 2 aliphatic carbocycles. The number of phenolic OH excluding ortho intramolecular Hbond substituents is 2. The number of aliphatic hydroxyl groups excluding tert-OH is 3. The maximum absolute atomic E-state index is 13.4. The van der Waals surface area contributed by atoms with Crippen LogP contribution < -0.4 is 0 Å². The number of hydrogen-bond donors (Lipinski definition) is 6. The lowest BCUT2D eigenvalue weighted by atomic mass is 9.72. The Morgan fingerprint density at radius 1 is 1.05 bits per heavy atom. The molecular weight excluding hydrogens is 500 g/mol. The molecule has 11 nitrogen and oxygen atoms in total. The van der Waals surface area contributed by atoms with Crippen molar-refractivity contribution in [3.8, 4) is 11.5 Å². The summed E-state index contributed by atoms with van der Waals surface area (Å²) in [6.07, 6.45) is -6.01. The van der Waals surface area contributed by atoms with Crippen LogP contribution in [0.5, 0.6) is 11.5 Å². The number of benzene rings is 2. The summed E-state index contributed by atoms with van der Waals surface area (Å²) in [4.78, 5) is 39.3. The van der Waals surface area contributed by atoms with Crippen molar-refractivity contribution in [2.75, 3.05) is 6.61 Å². The van der Waals surface area contributed by atoms with Gasteiger partial charge in [-0.1, -0.05) is 24.3 Å². The Bertz CT molecular complexity index is 1350. The smallest absolute Gasteiger partial charge is 0.198 e. The van der Waals surface area contributed by atoms with E-state index in [9.17, 15) is 45.0 Å². The zero-order chi connectivity index (χ0) is 27.7. The van der Waals surface area contributed by atoms with Crippen LogP contribution in [-0.2, 0) is 20.7 Å². The molecule has 1 saturated heterocycles. The van der Waals surface area contributed by atoms with Gasteiger partial charge in [-0.25, -0.2) is 0 Å². The number of phenols is 2. The summed E-state index contributed by atoms with van der Waals surface area (Å²) in [6, 6.07) is 5.93. The summed E-state index contributed by atoms with van der Waals surface area (Å²) in [5.41, 5.74) is -3.43. The lowest BCUT2D eigenvalue weighted by molar-refractivity contribution is -0.325. The van der Waals surface area contributed by atoms with Crippen molar-refractivity contribution < 1.29 is 54.5 Å². The van der Waals surface area contributed by atoms with E-state index in [0.717, 1.165) is 0 Å². The van der Waals surface area contributed by atoms with Gasteiger partial charge in [0.25, 0.3) is 0 Å². The molecule has 5 rings (SSSR count). The second kappa shape index (κ2) is 8.94. The van der Waals surface area contributed by atoms with Crippen LogP contribution in [0.3, 0.4) is 0 Å².